The molecule has 3 rings (SSSR count). The average molecular weight is 425 g/mol. The summed E-state index contributed by atoms with van der Waals surface area (Å²) in [4.78, 5) is 27.0. The molecule has 0 saturated heterocycles. The Labute approximate surface area is 171 Å². The highest BCUT2D eigenvalue weighted by atomic mass is 35.5. The number of anilines is 1. The van der Waals surface area contributed by atoms with E-state index in [0.717, 1.165) is 17.7 Å². The van der Waals surface area contributed by atoms with Crippen molar-refractivity contribution in [1.29, 1.82) is 0 Å². The van der Waals surface area contributed by atoms with E-state index in [1.54, 1.807) is 24.3 Å². The Morgan fingerprint density at radius 1 is 1.07 bits per heavy atom. The smallest absolute Gasteiger partial charge is 0.244 e. The van der Waals surface area contributed by atoms with Crippen molar-refractivity contribution in [2.45, 2.75) is 31.6 Å². The molecule has 0 aromatic heterocycles. The summed E-state index contributed by atoms with van der Waals surface area (Å²) >= 11 is 5.92. The Morgan fingerprint density at radius 2 is 1.72 bits per heavy atom. The van der Waals surface area contributed by atoms with Crippen molar-refractivity contribution in [3.63, 3.8) is 0 Å². The fraction of sp³-hybridized carbons (Fsp3) is 0.333. The third-order valence-electron chi connectivity index (χ3n) is 4.98. The molecule has 4 nitrogen and oxygen atoms in total. The van der Waals surface area contributed by atoms with Gasteiger partial charge >= 0.3 is 0 Å². The quantitative estimate of drug-likeness (QED) is 0.657. The van der Waals surface area contributed by atoms with E-state index in [-0.39, 0.29) is 12.5 Å². The van der Waals surface area contributed by atoms with E-state index < -0.39 is 34.5 Å². The zero-order chi connectivity index (χ0) is 21.2. The minimum Gasteiger partial charge on any atom is -0.333 e. The maximum absolute atomic E-state index is 13.8. The second kappa shape index (κ2) is 8.45. The van der Waals surface area contributed by atoms with Crippen molar-refractivity contribution in [2.75, 3.05) is 18.4 Å². The van der Waals surface area contributed by atoms with Gasteiger partial charge in [0.05, 0.1) is 17.6 Å². The van der Waals surface area contributed by atoms with Gasteiger partial charge in [0.25, 0.3) is 0 Å². The molecule has 1 aliphatic carbocycles. The summed E-state index contributed by atoms with van der Waals surface area (Å²) in [6, 6.07) is 8.69. The van der Waals surface area contributed by atoms with Crippen LogP contribution in [0.25, 0.3) is 0 Å². The summed E-state index contributed by atoms with van der Waals surface area (Å²) in [7, 11) is 0. The van der Waals surface area contributed by atoms with E-state index in [2.05, 4.69) is 5.32 Å². The van der Waals surface area contributed by atoms with Gasteiger partial charge in [0.1, 0.15) is 0 Å². The number of nitrogens with one attached hydrogen (secondary N) is 1. The summed E-state index contributed by atoms with van der Waals surface area (Å²) < 4.78 is 40.2. The molecular formula is C21H20ClF3N2O2. The van der Waals surface area contributed by atoms with Crippen molar-refractivity contribution in [3.05, 3.63) is 64.4 Å². The lowest BCUT2D eigenvalue weighted by Crippen LogP contribution is -2.44. The third kappa shape index (κ3) is 4.40. The fourth-order valence-electron chi connectivity index (χ4n) is 3.33. The lowest BCUT2D eigenvalue weighted by molar-refractivity contribution is -0.137. The van der Waals surface area contributed by atoms with Crippen molar-refractivity contribution in [1.82, 2.24) is 4.90 Å². The average Bonchev–Trinajstić information content (AvgIpc) is 3.50. The lowest BCUT2D eigenvalue weighted by atomic mass is 9.94. The first-order chi connectivity index (χ1) is 13.8. The highest BCUT2D eigenvalue weighted by Gasteiger charge is 2.53. The zero-order valence-corrected chi connectivity index (χ0v) is 16.5. The van der Waals surface area contributed by atoms with Crippen LogP contribution in [0.5, 0.6) is 0 Å². The summed E-state index contributed by atoms with van der Waals surface area (Å²) in [6.07, 6.45) is 1.94. The van der Waals surface area contributed by atoms with Gasteiger partial charge < -0.3 is 10.2 Å². The van der Waals surface area contributed by atoms with Crippen LogP contribution < -0.4 is 5.32 Å². The van der Waals surface area contributed by atoms with Crippen LogP contribution in [0.4, 0.5) is 18.9 Å². The summed E-state index contributed by atoms with van der Waals surface area (Å²) in [5.41, 5.74) is -0.329. The molecule has 1 saturated carbocycles. The molecule has 1 aliphatic rings. The third-order valence-corrected chi connectivity index (χ3v) is 5.23. The monoisotopic (exact) mass is 424 g/mol. The van der Waals surface area contributed by atoms with Crippen LogP contribution in [0.1, 0.15) is 31.7 Å². The van der Waals surface area contributed by atoms with Gasteiger partial charge in [-0.3, -0.25) is 9.59 Å². The van der Waals surface area contributed by atoms with Gasteiger partial charge in [-0.1, -0.05) is 30.7 Å². The fourth-order valence-corrected chi connectivity index (χ4v) is 3.46. The van der Waals surface area contributed by atoms with Crippen LogP contribution in [-0.2, 0) is 15.0 Å². The summed E-state index contributed by atoms with van der Waals surface area (Å²) in [5, 5.41) is 2.77. The van der Waals surface area contributed by atoms with Crippen LogP contribution in [0.3, 0.4) is 0 Å². The molecule has 1 fully saturated rings. The van der Waals surface area contributed by atoms with E-state index >= 15 is 0 Å². The van der Waals surface area contributed by atoms with E-state index in [4.69, 9.17) is 11.6 Å². The van der Waals surface area contributed by atoms with Gasteiger partial charge in [0, 0.05) is 11.6 Å². The van der Waals surface area contributed by atoms with Crippen LogP contribution in [0, 0.1) is 17.5 Å². The molecule has 0 bridgehead atoms. The minimum absolute atomic E-state index is 0.192. The van der Waals surface area contributed by atoms with Crippen molar-refractivity contribution in [2.24, 2.45) is 0 Å². The Balaban J connectivity index is 1.74. The molecule has 0 heterocycles. The van der Waals surface area contributed by atoms with E-state index in [0.29, 0.717) is 30.8 Å². The highest BCUT2D eigenvalue weighted by Crippen LogP contribution is 2.49. The number of rotatable bonds is 7. The van der Waals surface area contributed by atoms with Crippen molar-refractivity contribution >= 4 is 29.1 Å². The first kappa shape index (κ1) is 21.2. The molecule has 0 spiro atoms. The van der Waals surface area contributed by atoms with Gasteiger partial charge in [0.2, 0.25) is 11.8 Å². The SMILES string of the molecule is CCCN(CC(=O)Nc1ccc(F)c(F)c1F)C(=O)C1(c2ccc(Cl)cc2)CC1. The molecule has 1 N–H and O–H groups in total. The van der Waals surface area contributed by atoms with E-state index in [1.165, 1.54) is 4.90 Å². The van der Waals surface area contributed by atoms with Crippen LogP contribution in [-0.4, -0.2) is 29.8 Å². The van der Waals surface area contributed by atoms with Crippen LogP contribution in [0.2, 0.25) is 5.02 Å². The number of carbonyl (C=O) groups is 2. The van der Waals surface area contributed by atoms with Crippen molar-refractivity contribution in [3.8, 4) is 0 Å². The number of carbonyl (C=O) groups excluding carboxylic acids is 2. The standard InChI is InChI=1S/C21H20ClF3N2O2/c1-2-11-27(12-17(28)26-16-8-7-15(23)18(24)19(16)25)20(29)21(9-10-21)13-3-5-14(22)6-4-13/h3-8H,2,9-12H2,1H3,(H,26,28). The lowest BCUT2D eigenvalue weighted by Gasteiger charge is -2.27. The molecule has 2 amide bonds. The first-order valence-corrected chi connectivity index (χ1v) is 9.65. The largest absolute Gasteiger partial charge is 0.333 e. The number of amides is 2. The normalized spacial score (nSPS) is 14.4. The Hall–Kier alpha value is -2.54. The zero-order valence-electron chi connectivity index (χ0n) is 15.8. The van der Waals surface area contributed by atoms with Gasteiger partial charge in [-0.25, -0.2) is 13.2 Å². The molecular weight excluding hydrogens is 405 g/mol. The molecule has 0 unspecified atom stereocenters. The molecule has 0 radical (unpaired) electrons. The molecule has 29 heavy (non-hydrogen) atoms. The second-order valence-corrected chi connectivity index (χ2v) is 7.52. The Morgan fingerprint density at radius 3 is 2.31 bits per heavy atom. The molecule has 0 aliphatic heterocycles. The molecule has 2 aromatic rings. The number of nitrogens with zero attached hydrogens (tertiary/aromatic N) is 1. The maximum Gasteiger partial charge on any atom is 0.244 e. The highest BCUT2D eigenvalue weighted by molar-refractivity contribution is 6.30. The first-order valence-electron chi connectivity index (χ1n) is 9.27. The number of benzene rings is 2. The van der Waals surface area contributed by atoms with Crippen LogP contribution in [0.15, 0.2) is 36.4 Å². The number of hydrogen-bond acceptors (Lipinski definition) is 2. The predicted octanol–water partition coefficient (Wildman–Crippen LogP) is 4.67. The van der Waals surface area contributed by atoms with Gasteiger partial charge in [-0.05, 0) is 49.1 Å². The van der Waals surface area contributed by atoms with Gasteiger partial charge in [0.15, 0.2) is 17.5 Å². The van der Waals surface area contributed by atoms with E-state index in [1.807, 2.05) is 6.92 Å². The molecule has 0 atom stereocenters. The maximum atomic E-state index is 13.8. The van der Waals surface area contributed by atoms with Crippen LogP contribution >= 0.6 is 11.6 Å². The second-order valence-electron chi connectivity index (χ2n) is 7.09. The topological polar surface area (TPSA) is 49.4 Å². The number of hydrogen-bond donors (Lipinski definition) is 1. The Kier molecular flexibility index (Phi) is 6.17. The Bertz CT molecular complexity index is 930. The summed E-state index contributed by atoms with van der Waals surface area (Å²) in [5.74, 6) is -5.37. The van der Waals surface area contributed by atoms with E-state index in [9.17, 15) is 22.8 Å². The molecule has 8 heteroatoms. The number of halogens is 4. The van der Waals surface area contributed by atoms with Gasteiger partial charge in [-0.15, -0.1) is 0 Å². The summed E-state index contributed by atoms with van der Waals surface area (Å²) in [6.45, 7) is 1.89. The molecule has 154 valence electrons. The van der Waals surface area contributed by atoms with Gasteiger partial charge in [-0.2, -0.15) is 0 Å². The predicted molar refractivity (Wildman–Crippen MR) is 104 cm³/mol. The van der Waals surface area contributed by atoms with Crippen molar-refractivity contribution < 1.29 is 22.8 Å². The minimum atomic E-state index is -1.66. The molecule has 2 aromatic carbocycles.